The van der Waals surface area contributed by atoms with Gasteiger partial charge in [0.25, 0.3) is 0 Å². The predicted molar refractivity (Wildman–Crippen MR) is 104 cm³/mol. The molecular formula is C21H16ClN3. The van der Waals surface area contributed by atoms with Crippen LogP contribution in [0.1, 0.15) is 11.4 Å². The zero-order chi connectivity index (χ0) is 17.1. The average Bonchev–Trinajstić information content (AvgIpc) is 2.63. The van der Waals surface area contributed by atoms with E-state index in [9.17, 15) is 0 Å². The van der Waals surface area contributed by atoms with E-state index in [1.165, 1.54) is 5.56 Å². The molecule has 1 N–H and O–H groups in total. The van der Waals surface area contributed by atoms with Gasteiger partial charge in [0, 0.05) is 22.5 Å². The molecule has 0 unspecified atom stereocenters. The summed E-state index contributed by atoms with van der Waals surface area (Å²) in [6.07, 6.45) is 0.673. The summed E-state index contributed by atoms with van der Waals surface area (Å²) in [5, 5.41) is 5.02. The fourth-order valence-electron chi connectivity index (χ4n) is 2.76. The van der Waals surface area contributed by atoms with E-state index in [2.05, 4.69) is 17.4 Å². The Bertz CT molecular complexity index is 1000. The highest BCUT2D eigenvalue weighted by Crippen LogP contribution is 2.26. The van der Waals surface area contributed by atoms with Crippen LogP contribution < -0.4 is 5.32 Å². The van der Waals surface area contributed by atoms with Crippen LogP contribution in [-0.4, -0.2) is 9.97 Å². The van der Waals surface area contributed by atoms with Crippen LogP contribution in [0.25, 0.3) is 10.9 Å². The van der Waals surface area contributed by atoms with E-state index in [-0.39, 0.29) is 0 Å². The Balaban J connectivity index is 1.79. The fourth-order valence-corrected chi connectivity index (χ4v) is 2.93. The van der Waals surface area contributed by atoms with E-state index >= 15 is 0 Å². The van der Waals surface area contributed by atoms with Crippen molar-refractivity contribution in [3.63, 3.8) is 0 Å². The van der Waals surface area contributed by atoms with E-state index in [4.69, 9.17) is 21.6 Å². The van der Waals surface area contributed by atoms with Crippen molar-refractivity contribution in [3.05, 3.63) is 95.3 Å². The first-order valence-electron chi connectivity index (χ1n) is 8.10. The fraction of sp³-hybridized carbons (Fsp3) is 0.0476. The molecule has 0 radical (unpaired) electrons. The summed E-state index contributed by atoms with van der Waals surface area (Å²) in [6.45, 7) is 0. The first-order chi connectivity index (χ1) is 12.3. The maximum Gasteiger partial charge on any atom is 0.142 e. The third-order valence-corrected chi connectivity index (χ3v) is 4.18. The molecule has 4 aromatic rings. The summed E-state index contributed by atoms with van der Waals surface area (Å²) in [6, 6.07) is 25.9. The van der Waals surface area contributed by atoms with Gasteiger partial charge in [0.05, 0.1) is 5.52 Å². The third-order valence-electron chi connectivity index (χ3n) is 3.95. The maximum absolute atomic E-state index is 6.16. The van der Waals surface area contributed by atoms with Gasteiger partial charge < -0.3 is 5.32 Å². The number of nitrogens with one attached hydrogen (secondary N) is 1. The number of rotatable bonds is 4. The van der Waals surface area contributed by atoms with Crippen LogP contribution >= 0.6 is 11.6 Å². The van der Waals surface area contributed by atoms with E-state index in [0.717, 1.165) is 28.2 Å². The quantitative estimate of drug-likeness (QED) is 0.521. The second-order valence-electron chi connectivity index (χ2n) is 5.80. The van der Waals surface area contributed by atoms with Crippen LogP contribution in [0.15, 0.2) is 78.9 Å². The molecule has 122 valence electrons. The lowest BCUT2D eigenvalue weighted by Crippen LogP contribution is -2.02. The largest absolute Gasteiger partial charge is 0.340 e. The minimum Gasteiger partial charge on any atom is -0.340 e. The van der Waals surface area contributed by atoms with E-state index in [1.54, 1.807) is 0 Å². The number of para-hydroxylation sites is 1. The lowest BCUT2D eigenvalue weighted by atomic mass is 10.1. The first-order valence-corrected chi connectivity index (χ1v) is 8.48. The van der Waals surface area contributed by atoms with Gasteiger partial charge in [-0.25, -0.2) is 9.97 Å². The summed E-state index contributed by atoms with van der Waals surface area (Å²) in [7, 11) is 0. The Labute approximate surface area is 151 Å². The molecule has 4 rings (SSSR count). The molecule has 1 aromatic heterocycles. The number of anilines is 2. The number of aromatic nitrogens is 2. The molecule has 0 bridgehead atoms. The zero-order valence-corrected chi connectivity index (χ0v) is 14.2. The molecule has 0 aliphatic heterocycles. The second kappa shape index (κ2) is 6.91. The van der Waals surface area contributed by atoms with E-state index in [0.29, 0.717) is 11.4 Å². The summed E-state index contributed by atoms with van der Waals surface area (Å²) >= 11 is 6.16. The highest BCUT2D eigenvalue weighted by Gasteiger charge is 2.09. The van der Waals surface area contributed by atoms with Gasteiger partial charge in [-0.1, -0.05) is 60.1 Å². The van der Waals surface area contributed by atoms with Gasteiger partial charge in [-0.3, -0.25) is 0 Å². The molecule has 1 heterocycles. The number of hydrogen-bond acceptors (Lipinski definition) is 3. The number of nitrogens with zero attached hydrogens (tertiary/aromatic N) is 2. The standard InChI is InChI=1S/C21H16ClN3/c22-16-11-12-18-19(14-16)24-20(13-15-7-3-1-4-8-15)25-21(18)23-17-9-5-2-6-10-17/h1-12,14H,13H2,(H,23,24,25). The highest BCUT2D eigenvalue weighted by molar-refractivity contribution is 6.31. The molecule has 4 heteroatoms. The predicted octanol–water partition coefficient (Wildman–Crippen LogP) is 5.62. The van der Waals surface area contributed by atoms with E-state index < -0.39 is 0 Å². The summed E-state index contributed by atoms with van der Waals surface area (Å²) in [5.74, 6) is 1.55. The van der Waals surface area contributed by atoms with Gasteiger partial charge in [-0.05, 0) is 35.9 Å². The molecule has 0 aliphatic carbocycles. The SMILES string of the molecule is Clc1ccc2c(Nc3ccccc3)nc(Cc3ccccc3)nc2c1. The van der Waals surface area contributed by atoms with Crippen LogP contribution in [0, 0.1) is 0 Å². The van der Waals surface area contributed by atoms with Gasteiger partial charge >= 0.3 is 0 Å². The van der Waals surface area contributed by atoms with Crippen molar-refractivity contribution in [2.24, 2.45) is 0 Å². The smallest absolute Gasteiger partial charge is 0.142 e. The molecule has 0 atom stereocenters. The third kappa shape index (κ3) is 3.62. The van der Waals surface area contributed by atoms with Crippen molar-refractivity contribution in [2.45, 2.75) is 6.42 Å². The van der Waals surface area contributed by atoms with Crippen molar-refractivity contribution in [1.82, 2.24) is 9.97 Å². The van der Waals surface area contributed by atoms with Crippen LogP contribution in [0.2, 0.25) is 5.02 Å². The minimum atomic E-state index is 0.669. The Morgan fingerprint density at radius 3 is 2.28 bits per heavy atom. The molecule has 0 saturated carbocycles. The number of benzene rings is 3. The Kier molecular flexibility index (Phi) is 4.32. The molecule has 0 aliphatic rings. The van der Waals surface area contributed by atoms with Crippen LogP contribution in [0.5, 0.6) is 0 Å². The topological polar surface area (TPSA) is 37.8 Å². The Morgan fingerprint density at radius 1 is 0.800 bits per heavy atom. The lowest BCUT2D eigenvalue weighted by molar-refractivity contribution is 0.996. The number of fused-ring (bicyclic) bond motifs is 1. The van der Waals surface area contributed by atoms with Crippen molar-refractivity contribution in [1.29, 1.82) is 0 Å². The summed E-state index contributed by atoms with van der Waals surface area (Å²) < 4.78 is 0. The van der Waals surface area contributed by atoms with Crippen molar-refractivity contribution in [2.75, 3.05) is 5.32 Å². The van der Waals surface area contributed by atoms with Crippen LogP contribution in [-0.2, 0) is 6.42 Å². The Hall–Kier alpha value is -2.91. The molecule has 0 saturated heterocycles. The lowest BCUT2D eigenvalue weighted by Gasteiger charge is -2.11. The summed E-state index contributed by atoms with van der Waals surface area (Å²) in [4.78, 5) is 9.45. The molecule has 0 amide bonds. The van der Waals surface area contributed by atoms with Gasteiger partial charge in [0.1, 0.15) is 11.6 Å². The molecule has 0 fully saturated rings. The van der Waals surface area contributed by atoms with Crippen molar-refractivity contribution in [3.8, 4) is 0 Å². The van der Waals surface area contributed by atoms with Crippen LogP contribution in [0.3, 0.4) is 0 Å². The van der Waals surface area contributed by atoms with Gasteiger partial charge in [-0.15, -0.1) is 0 Å². The van der Waals surface area contributed by atoms with E-state index in [1.807, 2.05) is 66.7 Å². The average molecular weight is 346 g/mol. The monoisotopic (exact) mass is 345 g/mol. The normalized spacial score (nSPS) is 10.8. The first kappa shape index (κ1) is 15.6. The Morgan fingerprint density at radius 2 is 1.52 bits per heavy atom. The van der Waals surface area contributed by atoms with Gasteiger partial charge in [0.2, 0.25) is 0 Å². The molecule has 25 heavy (non-hydrogen) atoms. The zero-order valence-electron chi connectivity index (χ0n) is 13.5. The second-order valence-corrected chi connectivity index (χ2v) is 6.24. The number of halogens is 1. The highest BCUT2D eigenvalue weighted by atomic mass is 35.5. The van der Waals surface area contributed by atoms with Gasteiger partial charge in [-0.2, -0.15) is 0 Å². The molecule has 3 nitrogen and oxygen atoms in total. The molecule has 3 aromatic carbocycles. The number of hydrogen-bond donors (Lipinski definition) is 1. The van der Waals surface area contributed by atoms with Gasteiger partial charge in [0.15, 0.2) is 0 Å². The minimum absolute atomic E-state index is 0.669. The van der Waals surface area contributed by atoms with Crippen molar-refractivity contribution >= 4 is 34.0 Å². The molecular weight excluding hydrogens is 330 g/mol. The van der Waals surface area contributed by atoms with Crippen LogP contribution in [0.4, 0.5) is 11.5 Å². The molecule has 0 spiro atoms. The van der Waals surface area contributed by atoms with Crippen molar-refractivity contribution < 1.29 is 0 Å². The maximum atomic E-state index is 6.16. The summed E-state index contributed by atoms with van der Waals surface area (Å²) in [5.41, 5.74) is 3.00.